The number of fused-ring (bicyclic) bond motifs is 1. The van der Waals surface area contributed by atoms with Gasteiger partial charge in [-0.1, -0.05) is 24.3 Å². The van der Waals surface area contributed by atoms with Crippen molar-refractivity contribution < 1.29 is 22.0 Å². The van der Waals surface area contributed by atoms with Gasteiger partial charge in [0.1, 0.15) is 11.4 Å². The highest BCUT2D eigenvalue weighted by atomic mass is 35.5. The van der Waals surface area contributed by atoms with E-state index in [1.165, 1.54) is 10.5 Å². The van der Waals surface area contributed by atoms with Crippen LogP contribution in [0.2, 0.25) is 0 Å². The van der Waals surface area contributed by atoms with E-state index in [2.05, 4.69) is 10.2 Å². The van der Waals surface area contributed by atoms with Crippen molar-refractivity contribution in [2.24, 2.45) is 5.92 Å². The standard InChI is InChI=1S/C22H21F5N4.ClH/c23-21(24)8-10-30(13-21)12-15-3-5-16(6-4-15)17-7-9-31-18(11-14-1-2-14)28-29-20(31)19(17)22(25,26)27;/h3-7,9,14H,1-2,8,10-13H2;1H. The van der Waals surface area contributed by atoms with Crippen LogP contribution < -0.4 is 0 Å². The number of hydrogen-bond donors (Lipinski definition) is 0. The molecule has 1 saturated carbocycles. The Hall–Kier alpha value is -2.26. The predicted molar refractivity (Wildman–Crippen MR) is 112 cm³/mol. The first-order valence-electron chi connectivity index (χ1n) is 10.3. The third-order valence-corrected chi connectivity index (χ3v) is 6.02. The van der Waals surface area contributed by atoms with E-state index in [0.717, 1.165) is 18.4 Å². The van der Waals surface area contributed by atoms with Crippen LogP contribution >= 0.6 is 12.4 Å². The number of aromatic nitrogens is 3. The highest BCUT2D eigenvalue weighted by Crippen LogP contribution is 2.40. The molecule has 0 spiro atoms. The average Bonchev–Trinajstić information content (AvgIpc) is 3.33. The zero-order valence-electron chi connectivity index (χ0n) is 17.1. The first-order valence-corrected chi connectivity index (χ1v) is 10.3. The van der Waals surface area contributed by atoms with Gasteiger partial charge in [0.25, 0.3) is 5.92 Å². The molecular formula is C22H22ClF5N4. The van der Waals surface area contributed by atoms with Crippen LogP contribution in [0, 0.1) is 5.92 Å². The molecule has 0 amide bonds. The van der Waals surface area contributed by atoms with Gasteiger partial charge in [0.2, 0.25) is 0 Å². The van der Waals surface area contributed by atoms with Gasteiger partial charge in [-0.3, -0.25) is 9.30 Å². The maximum absolute atomic E-state index is 14.0. The molecule has 2 aliphatic rings. The van der Waals surface area contributed by atoms with Crippen molar-refractivity contribution in [2.45, 2.75) is 44.3 Å². The van der Waals surface area contributed by atoms with Crippen molar-refractivity contribution >= 4 is 18.1 Å². The molecule has 0 radical (unpaired) electrons. The van der Waals surface area contributed by atoms with Crippen LogP contribution in [-0.4, -0.2) is 38.5 Å². The van der Waals surface area contributed by atoms with Crippen molar-refractivity contribution in [1.29, 1.82) is 0 Å². The van der Waals surface area contributed by atoms with Gasteiger partial charge in [-0.15, -0.1) is 22.6 Å². The summed E-state index contributed by atoms with van der Waals surface area (Å²) in [4.78, 5) is 1.65. The van der Waals surface area contributed by atoms with Crippen molar-refractivity contribution in [3.63, 3.8) is 0 Å². The second-order valence-corrected chi connectivity index (χ2v) is 8.57. The van der Waals surface area contributed by atoms with E-state index in [1.54, 1.807) is 35.4 Å². The van der Waals surface area contributed by atoms with E-state index < -0.39 is 17.7 Å². The van der Waals surface area contributed by atoms with Gasteiger partial charge in [-0.25, -0.2) is 8.78 Å². The Balaban J connectivity index is 0.00000245. The van der Waals surface area contributed by atoms with Gasteiger partial charge in [0, 0.05) is 32.1 Å². The van der Waals surface area contributed by atoms with E-state index in [4.69, 9.17) is 0 Å². The molecular weight excluding hydrogens is 451 g/mol. The van der Waals surface area contributed by atoms with Gasteiger partial charge < -0.3 is 0 Å². The molecule has 4 nitrogen and oxygen atoms in total. The second-order valence-electron chi connectivity index (χ2n) is 8.57. The van der Waals surface area contributed by atoms with E-state index >= 15 is 0 Å². The van der Waals surface area contributed by atoms with Crippen molar-refractivity contribution in [2.75, 3.05) is 13.1 Å². The van der Waals surface area contributed by atoms with E-state index in [9.17, 15) is 22.0 Å². The first kappa shape index (κ1) is 22.9. The normalized spacial score (nSPS) is 18.8. The lowest BCUT2D eigenvalue weighted by Gasteiger charge is -2.17. The fourth-order valence-corrected chi connectivity index (χ4v) is 4.23. The zero-order chi connectivity index (χ0) is 21.8. The van der Waals surface area contributed by atoms with Crippen LogP contribution in [0.15, 0.2) is 36.5 Å². The Labute approximate surface area is 187 Å². The number of likely N-dealkylation sites (tertiary alicyclic amines) is 1. The number of rotatable bonds is 5. The van der Waals surface area contributed by atoms with Crippen molar-refractivity contribution in [3.8, 4) is 11.1 Å². The highest BCUT2D eigenvalue weighted by molar-refractivity contribution is 5.85. The SMILES string of the molecule is Cl.FC1(F)CCN(Cc2ccc(-c3ccn4c(CC5CC5)nnc4c3C(F)(F)F)cc2)C1. The molecule has 1 aliphatic carbocycles. The summed E-state index contributed by atoms with van der Waals surface area (Å²) in [5, 5.41) is 7.88. The maximum Gasteiger partial charge on any atom is 0.420 e. The van der Waals surface area contributed by atoms with Crippen molar-refractivity contribution in [3.05, 3.63) is 53.5 Å². The molecule has 3 aromatic rings. The minimum absolute atomic E-state index is 0. The number of alkyl halides is 5. The van der Waals surface area contributed by atoms with Crippen LogP contribution in [0.3, 0.4) is 0 Å². The molecule has 0 N–H and O–H groups in total. The molecule has 32 heavy (non-hydrogen) atoms. The number of nitrogens with zero attached hydrogens (tertiary/aromatic N) is 4. The molecule has 1 aromatic carbocycles. The van der Waals surface area contributed by atoms with Crippen LogP contribution in [0.25, 0.3) is 16.8 Å². The summed E-state index contributed by atoms with van der Waals surface area (Å²) in [7, 11) is 0. The highest BCUT2D eigenvalue weighted by Gasteiger charge is 2.39. The molecule has 0 unspecified atom stereocenters. The van der Waals surface area contributed by atoms with E-state index in [1.807, 2.05) is 0 Å². The fourth-order valence-electron chi connectivity index (χ4n) is 4.23. The smallest absolute Gasteiger partial charge is 0.293 e. The molecule has 3 heterocycles. The molecule has 1 aliphatic heterocycles. The molecule has 5 rings (SSSR count). The number of pyridine rings is 1. The quantitative estimate of drug-likeness (QED) is 0.451. The van der Waals surface area contributed by atoms with Gasteiger partial charge in [-0.2, -0.15) is 13.2 Å². The Bertz CT molecular complexity index is 1110. The predicted octanol–water partition coefficient (Wildman–Crippen LogP) is 5.63. The Kier molecular flexibility index (Phi) is 5.92. The Morgan fingerprint density at radius 2 is 1.75 bits per heavy atom. The third kappa shape index (κ3) is 4.59. The molecule has 10 heteroatoms. The van der Waals surface area contributed by atoms with Gasteiger partial charge >= 0.3 is 6.18 Å². The molecule has 2 aromatic heterocycles. The van der Waals surface area contributed by atoms with Gasteiger partial charge in [0.15, 0.2) is 5.65 Å². The molecule has 0 atom stereocenters. The fraction of sp³-hybridized carbons (Fsp3) is 0.455. The number of halogens is 6. The Morgan fingerprint density at radius 1 is 1.03 bits per heavy atom. The van der Waals surface area contributed by atoms with Crippen LogP contribution in [0.1, 0.15) is 36.2 Å². The van der Waals surface area contributed by atoms with Crippen LogP contribution in [-0.2, 0) is 19.1 Å². The summed E-state index contributed by atoms with van der Waals surface area (Å²) in [6.07, 6.45) is -0.399. The van der Waals surface area contributed by atoms with Crippen molar-refractivity contribution in [1.82, 2.24) is 19.5 Å². The molecule has 2 fully saturated rings. The number of benzene rings is 1. The van der Waals surface area contributed by atoms with Crippen LogP contribution in [0.5, 0.6) is 0 Å². The lowest BCUT2D eigenvalue weighted by molar-refractivity contribution is -0.136. The first-order chi connectivity index (χ1) is 14.7. The van der Waals surface area contributed by atoms with Crippen LogP contribution in [0.4, 0.5) is 22.0 Å². The summed E-state index contributed by atoms with van der Waals surface area (Å²) in [6, 6.07) is 8.04. The average molecular weight is 473 g/mol. The topological polar surface area (TPSA) is 33.4 Å². The lowest BCUT2D eigenvalue weighted by atomic mass is 9.99. The third-order valence-electron chi connectivity index (χ3n) is 6.02. The van der Waals surface area contributed by atoms with Gasteiger partial charge in [0.05, 0.1) is 6.54 Å². The zero-order valence-corrected chi connectivity index (χ0v) is 17.9. The number of hydrogen-bond acceptors (Lipinski definition) is 3. The minimum atomic E-state index is -4.60. The summed E-state index contributed by atoms with van der Waals surface area (Å²) in [5.74, 6) is -1.65. The largest absolute Gasteiger partial charge is 0.420 e. The summed E-state index contributed by atoms with van der Waals surface area (Å²) >= 11 is 0. The molecule has 172 valence electrons. The Morgan fingerprint density at radius 3 is 2.34 bits per heavy atom. The lowest BCUT2D eigenvalue weighted by Crippen LogP contribution is -2.24. The van der Waals surface area contributed by atoms with E-state index in [0.29, 0.717) is 36.8 Å². The van der Waals surface area contributed by atoms with Gasteiger partial charge in [-0.05, 0) is 41.5 Å². The summed E-state index contributed by atoms with van der Waals surface area (Å²) in [5.41, 5.74) is 0.215. The summed E-state index contributed by atoms with van der Waals surface area (Å²) < 4.78 is 70.2. The van der Waals surface area contributed by atoms with E-state index in [-0.39, 0.29) is 36.6 Å². The molecule has 0 bridgehead atoms. The second kappa shape index (κ2) is 8.26. The molecule has 1 saturated heterocycles. The minimum Gasteiger partial charge on any atom is -0.293 e. The maximum atomic E-state index is 14.0. The summed E-state index contributed by atoms with van der Waals surface area (Å²) in [6.45, 7) is 0.356. The monoisotopic (exact) mass is 472 g/mol.